The SMILES string of the molecule is CN1CCN(C(=O)c2cccc(Cl)c2Cl)C(CN)C1. The van der Waals surface area contributed by atoms with Crippen molar-refractivity contribution in [2.75, 3.05) is 33.2 Å². The molecule has 0 aromatic heterocycles. The number of carbonyl (C=O) groups is 1. The highest BCUT2D eigenvalue weighted by atomic mass is 35.5. The molecule has 1 aromatic rings. The molecule has 6 heteroatoms. The van der Waals surface area contributed by atoms with Crippen LogP contribution in [0.1, 0.15) is 10.4 Å². The third-order valence-electron chi connectivity index (χ3n) is 3.40. The number of nitrogens with zero attached hydrogens (tertiary/aromatic N) is 2. The Kier molecular flexibility index (Phi) is 4.68. The summed E-state index contributed by atoms with van der Waals surface area (Å²) in [5, 5.41) is 0.704. The van der Waals surface area contributed by atoms with E-state index in [4.69, 9.17) is 28.9 Å². The predicted molar refractivity (Wildman–Crippen MR) is 77.8 cm³/mol. The van der Waals surface area contributed by atoms with Crippen LogP contribution in [-0.2, 0) is 0 Å². The number of hydrogen-bond donors (Lipinski definition) is 1. The Bertz CT molecular complexity index is 481. The van der Waals surface area contributed by atoms with Gasteiger partial charge in [-0.2, -0.15) is 0 Å². The molecule has 1 heterocycles. The second kappa shape index (κ2) is 6.09. The van der Waals surface area contributed by atoms with Gasteiger partial charge < -0.3 is 15.5 Å². The quantitative estimate of drug-likeness (QED) is 0.905. The molecule has 19 heavy (non-hydrogen) atoms. The smallest absolute Gasteiger partial charge is 0.255 e. The zero-order valence-corrected chi connectivity index (χ0v) is 12.3. The molecule has 1 saturated heterocycles. The van der Waals surface area contributed by atoms with E-state index >= 15 is 0 Å². The molecule has 4 nitrogen and oxygen atoms in total. The van der Waals surface area contributed by atoms with Gasteiger partial charge in [-0.25, -0.2) is 0 Å². The van der Waals surface area contributed by atoms with Gasteiger partial charge in [0.05, 0.1) is 21.7 Å². The molecule has 0 saturated carbocycles. The van der Waals surface area contributed by atoms with Crippen molar-refractivity contribution in [1.82, 2.24) is 9.80 Å². The maximum atomic E-state index is 12.6. The largest absolute Gasteiger partial charge is 0.332 e. The standard InChI is InChI=1S/C13H17Cl2N3O/c1-17-5-6-18(9(7-16)8-17)13(19)10-3-2-4-11(14)12(10)15/h2-4,9H,5-8,16H2,1H3. The van der Waals surface area contributed by atoms with Crippen LogP contribution in [0, 0.1) is 0 Å². The molecule has 1 atom stereocenters. The Hall–Kier alpha value is -0.810. The summed E-state index contributed by atoms with van der Waals surface area (Å²) in [6, 6.07) is 5.11. The van der Waals surface area contributed by atoms with Gasteiger partial charge in [0.2, 0.25) is 0 Å². The zero-order chi connectivity index (χ0) is 14.0. The second-order valence-electron chi connectivity index (χ2n) is 4.75. The highest BCUT2D eigenvalue weighted by molar-refractivity contribution is 6.43. The van der Waals surface area contributed by atoms with E-state index in [1.165, 1.54) is 0 Å². The fourth-order valence-electron chi connectivity index (χ4n) is 2.30. The van der Waals surface area contributed by atoms with Crippen molar-refractivity contribution >= 4 is 29.1 Å². The normalized spacial score (nSPS) is 20.6. The summed E-state index contributed by atoms with van der Waals surface area (Å²) < 4.78 is 0. The lowest BCUT2D eigenvalue weighted by Gasteiger charge is -2.39. The number of piperazine rings is 1. The van der Waals surface area contributed by atoms with Crippen molar-refractivity contribution in [3.05, 3.63) is 33.8 Å². The molecule has 1 amide bonds. The van der Waals surface area contributed by atoms with Gasteiger partial charge in [-0.15, -0.1) is 0 Å². The molecule has 0 bridgehead atoms. The fourth-order valence-corrected chi connectivity index (χ4v) is 2.68. The minimum atomic E-state index is -0.101. The molecular formula is C13H17Cl2N3O. The van der Waals surface area contributed by atoms with Crippen LogP contribution in [0.15, 0.2) is 18.2 Å². The average Bonchev–Trinajstić information content (AvgIpc) is 2.41. The number of halogens is 2. The molecule has 0 spiro atoms. The van der Waals surface area contributed by atoms with Crippen molar-refractivity contribution in [3.8, 4) is 0 Å². The summed E-state index contributed by atoms with van der Waals surface area (Å²) in [6.07, 6.45) is 0. The van der Waals surface area contributed by atoms with Gasteiger partial charge in [0.15, 0.2) is 0 Å². The number of hydrogen-bond acceptors (Lipinski definition) is 3. The van der Waals surface area contributed by atoms with Gasteiger partial charge in [-0.1, -0.05) is 29.3 Å². The van der Waals surface area contributed by atoms with Gasteiger partial charge in [-0.05, 0) is 19.2 Å². The monoisotopic (exact) mass is 301 g/mol. The lowest BCUT2D eigenvalue weighted by atomic mass is 10.1. The zero-order valence-electron chi connectivity index (χ0n) is 10.8. The summed E-state index contributed by atoms with van der Waals surface area (Å²) in [4.78, 5) is 16.5. The topological polar surface area (TPSA) is 49.6 Å². The van der Waals surface area contributed by atoms with Crippen LogP contribution in [0.2, 0.25) is 10.0 Å². The van der Waals surface area contributed by atoms with Crippen LogP contribution in [0.3, 0.4) is 0 Å². The van der Waals surface area contributed by atoms with Crippen molar-refractivity contribution < 1.29 is 4.79 Å². The lowest BCUT2D eigenvalue weighted by molar-refractivity contribution is 0.0516. The molecule has 1 aromatic carbocycles. The molecule has 1 aliphatic rings. The lowest BCUT2D eigenvalue weighted by Crippen LogP contribution is -2.56. The van der Waals surface area contributed by atoms with Crippen molar-refractivity contribution in [2.45, 2.75) is 6.04 Å². The third-order valence-corrected chi connectivity index (χ3v) is 4.22. The Labute approximate surface area is 123 Å². The van der Waals surface area contributed by atoms with E-state index in [9.17, 15) is 4.79 Å². The number of amides is 1. The molecule has 2 N–H and O–H groups in total. The van der Waals surface area contributed by atoms with E-state index in [1.807, 2.05) is 7.05 Å². The first-order chi connectivity index (χ1) is 9.04. The van der Waals surface area contributed by atoms with Gasteiger partial charge in [0.1, 0.15) is 0 Å². The summed E-state index contributed by atoms with van der Waals surface area (Å²) in [5.41, 5.74) is 6.20. The molecule has 1 unspecified atom stereocenters. The summed E-state index contributed by atoms with van der Waals surface area (Å²) >= 11 is 12.1. The summed E-state index contributed by atoms with van der Waals surface area (Å²) in [6.45, 7) is 2.70. The van der Waals surface area contributed by atoms with Crippen LogP contribution >= 0.6 is 23.2 Å². The number of carbonyl (C=O) groups excluding carboxylic acids is 1. The molecule has 0 aliphatic carbocycles. The molecule has 104 valence electrons. The first-order valence-electron chi connectivity index (χ1n) is 6.18. The molecule has 2 rings (SSSR count). The van der Waals surface area contributed by atoms with E-state index in [-0.39, 0.29) is 11.9 Å². The maximum Gasteiger partial charge on any atom is 0.255 e. The van der Waals surface area contributed by atoms with Gasteiger partial charge in [-0.3, -0.25) is 4.79 Å². The number of nitrogens with two attached hydrogens (primary N) is 1. The van der Waals surface area contributed by atoms with E-state index < -0.39 is 0 Å². The van der Waals surface area contributed by atoms with Crippen LogP contribution in [0.4, 0.5) is 0 Å². The Morgan fingerprint density at radius 1 is 1.42 bits per heavy atom. The highest BCUT2D eigenvalue weighted by Crippen LogP contribution is 2.27. The van der Waals surface area contributed by atoms with Crippen LogP contribution in [-0.4, -0.2) is 55.0 Å². The van der Waals surface area contributed by atoms with Crippen LogP contribution in [0.25, 0.3) is 0 Å². The summed E-state index contributed by atoms with van der Waals surface area (Å²) in [5.74, 6) is -0.101. The summed E-state index contributed by atoms with van der Waals surface area (Å²) in [7, 11) is 2.02. The first-order valence-corrected chi connectivity index (χ1v) is 6.93. The number of likely N-dealkylation sites (N-methyl/N-ethyl adjacent to an activating group) is 1. The van der Waals surface area contributed by atoms with Crippen LogP contribution in [0.5, 0.6) is 0 Å². The van der Waals surface area contributed by atoms with E-state index in [1.54, 1.807) is 23.1 Å². The minimum Gasteiger partial charge on any atom is -0.332 e. The molecule has 0 radical (unpaired) electrons. The minimum absolute atomic E-state index is 0.0151. The van der Waals surface area contributed by atoms with Crippen LogP contribution < -0.4 is 5.73 Å². The second-order valence-corrected chi connectivity index (χ2v) is 5.54. The van der Waals surface area contributed by atoms with Gasteiger partial charge in [0.25, 0.3) is 5.91 Å². The number of rotatable bonds is 2. The molecular weight excluding hydrogens is 285 g/mol. The average molecular weight is 302 g/mol. The molecule has 1 fully saturated rings. The Morgan fingerprint density at radius 3 is 2.84 bits per heavy atom. The van der Waals surface area contributed by atoms with E-state index in [0.29, 0.717) is 28.7 Å². The highest BCUT2D eigenvalue weighted by Gasteiger charge is 2.29. The Morgan fingerprint density at radius 2 is 2.16 bits per heavy atom. The maximum absolute atomic E-state index is 12.6. The Balaban J connectivity index is 2.25. The third kappa shape index (κ3) is 3.03. The van der Waals surface area contributed by atoms with Crippen molar-refractivity contribution in [3.63, 3.8) is 0 Å². The van der Waals surface area contributed by atoms with Gasteiger partial charge >= 0.3 is 0 Å². The number of benzene rings is 1. The van der Waals surface area contributed by atoms with Crippen molar-refractivity contribution in [2.24, 2.45) is 5.73 Å². The first kappa shape index (κ1) is 14.6. The van der Waals surface area contributed by atoms with E-state index in [2.05, 4.69) is 4.90 Å². The van der Waals surface area contributed by atoms with Gasteiger partial charge in [0, 0.05) is 26.2 Å². The predicted octanol–water partition coefficient (Wildman–Crippen LogP) is 1.71. The van der Waals surface area contributed by atoms with Crippen molar-refractivity contribution in [1.29, 1.82) is 0 Å². The molecule has 1 aliphatic heterocycles. The fraction of sp³-hybridized carbons (Fsp3) is 0.462. The van der Waals surface area contributed by atoms with E-state index in [0.717, 1.165) is 13.1 Å².